The highest BCUT2D eigenvalue weighted by atomic mass is 32.1. The minimum absolute atomic E-state index is 0.125. The third-order valence-corrected chi connectivity index (χ3v) is 5.97. The Labute approximate surface area is 189 Å². The van der Waals surface area contributed by atoms with Crippen LogP contribution in [0.4, 0.5) is 5.69 Å². The normalized spacial score (nSPS) is 11.7. The van der Waals surface area contributed by atoms with Crippen molar-refractivity contribution in [2.45, 2.75) is 32.6 Å². The first kappa shape index (κ1) is 21.7. The topological polar surface area (TPSA) is 85.6 Å². The molecule has 0 radical (unpaired) electrons. The third kappa shape index (κ3) is 5.03. The number of carbonyl (C=O) groups excluding carboxylic acids is 1. The van der Waals surface area contributed by atoms with Crippen LogP contribution in [0.15, 0.2) is 59.4 Å². The van der Waals surface area contributed by atoms with Gasteiger partial charge in [-0.15, -0.1) is 10.2 Å². The fraction of sp³-hybridized carbons (Fsp3) is 0.250. The molecule has 2 aromatic carbocycles. The van der Waals surface area contributed by atoms with E-state index in [0.717, 1.165) is 12.8 Å². The summed E-state index contributed by atoms with van der Waals surface area (Å²) >= 11 is 1.33. The summed E-state index contributed by atoms with van der Waals surface area (Å²) in [4.78, 5) is 25.9. The monoisotopic (exact) mass is 448 g/mol. The molecule has 0 aliphatic carbocycles. The van der Waals surface area contributed by atoms with E-state index in [-0.39, 0.29) is 17.9 Å². The lowest BCUT2D eigenvalue weighted by Crippen LogP contribution is -2.24. The number of aromatic nitrogens is 3. The number of anilines is 1. The molecule has 0 aliphatic heterocycles. The average molecular weight is 449 g/mol. The van der Waals surface area contributed by atoms with Gasteiger partial charge in [0.05, 0.1) is 16.8 Å². The molecular formula is C24H24N4O3S. The van der Waals surface area contributed by atoms with Crippen LogP contribution in [0.25, 0.3) is 11.0 Å². The maximum atomic E-state index is 12.9. The first-order valence-electron chi connectivity index (χ1n) is 10.6. The van der Waals surface area contributed by atoms with Crippen LogP contribution in [0.1, 0.15) is 31.2 Å². The molecule has 0 unspecified atom stereocenters. The summed E-state index contributed by atoms with van der Waals surface area (Å²) in [5.41, 5.74) is 1.73. The lowest BCUT2D eigenvalue weighted by Gasteiger charge is -2.10. The number of ether oxygens (including phenoxy) is 1. The molecule has 0 saturated carbocycles. The van der Waals surface area contributed by atoms with Gasteiger partial charge in [-0.1, -0.05) is 59.9 Å². The largest absolute Gasteiger partial charge is 0.492 e. The van der Waals surface area contributed by atoms with Crippen molar-refractivity contribution in [3.05, 3.63) is 80.9 Å². The summed E-state index contributed by atoms with van der Waals surface area (Å²) in [7, 11) is 0. The zero-order valence-electron chi connectivity index (χ0n) is 17.8. The van der Waals surface area contributed by atoms with Crippen molar-refractivity contribution in [2.24, 2.45) is 0 Å². The second-order valence-corrected chi connectivity index (χ2v) is 8.22. The van der Waals surface area contributed by atoms with Gasteiger partial charge in [-0.3, -0.25) is 9.59 Å². The Hall–Kier alpha value is -3.52. The number of hydrogen-bond acceptors (Lipinski definition) is 6. The highest BCUT2D eigenvalue weighted by molar-refractivity contribution is 7.15. The third-order valence-electron chi connectivity index (χ3n) is 4.96. The average Bonchev–Trinajstić information content (AvgIpc) is 3.34. The molecule has 0 atom stereocenters. The van der Waals surface area contributed by atoms with E-state index < -0.39 is 0 Å². The highest BCUT2D eigenvalue weighted by Gasteiger charge is 2.14. The standard InChI is InChI=1S/C24H24N4O3S/c1-2-31-19-13-7-6-12-18(19)25-22(29)16-15-21-26-27-24-28(21)23(30)20(32-24)14-8-11-17-9-4-3-5-10-17/h3-7,9-10,12-14H,2,8,11,15-16H2,1H3,(H,25,29)/b20-14+. The molecule has 2 heterocycles. The van der Waals surface area contributed by atoms with Crippen LogP contribution in [0, 0.1) is 0 Å². The van der Waals surface area contributed by atoms with E-state index in [1.165, 1.54) is 21.3 Å². The minimum atomic E-state index is -0.175. The van der Waals surface area contributed by atoms with Crippen molar-refractivity contribution < 1.29 is 9.53 Å². The molecule has 8 heteroatoms. The molecular weight excluding hydrogens is 424 g/mol. The van der Waals surface area contributed by atoms with Crippen LogP contribution in [-0.4, -0.2) is 27.1 Å². The number of para-hydroxylation sites is 2. The van der Waals surface area contributed by atoms with E-state index in [2.05, 4.69) is 27.6 Å². The molecule has 7 nitrogen and oxygen atoms in total. The number of fused-ring (bicyclic) bond motifs is 1. The van der Waals surface area contributed by atoms with Crippen LogP contribution in [0.2, 0.25) is 0 Å². The lowest BCUT2D eigenvalue weighted by molar-refractivity contribution is -0.116. The van der Waals surface area contributed by atoms with Gasteiger partial charge in [-0.2, -0.15) is 0 Å². The van der Waals surface area contributed by atoms with Gasteiger partial charge in [0, 0.05) is 12.8 Å². The predicted molar refractivity (Wildman–Crippen MR) is 126 cm³/mol. The summed E-state index contributed by atoms with van der Waals surface area (Å²) in [5.74, 6) is 0.951. The number of benzene rings is 2. The van der Waals surface area contributed by atoms with Crippen molar-refractivity contribution in [2.75, 3.05) is 11.9 Å². The van der Waals surface area contributed by atoms with Crippen molar-refractivity contribution in [3.63, 3.8) is 0 Å². The molecule has 1 amide bonds. The number of rotatable bonds is 9. The van der Waals surface area contributed by atoms with Crippen LogP contribution in [0.5, 0.6) is 5.75 Å². The highest BCUT2D eigenvalue weighted by Crippen LogP contribution is 2.23. The molecule has 0 aliphatic rings. The van der Waals surface area contributed by atoms with Crippen LogP contribution >= 0.6 is 11.3 Å². The van der Waals surface area contributed by atoms with Gasteiger partial charge < -0.3 is 10.1 Å². The summed E-state index contributed by atoms with van der Waals surface area (Å²) in [6, 6.07) is 17.5. The fourth-order valence-corrected chi connectivity index (χ4v) is 4.36. The Kier molecular flexibility index (Phi) is 6.91. The number of carbonyl (C=O) groups is 1. The van der Waals surface area contributed by atoms with Gasteiger partial charge in [0.25, 0.3) is 5.56 Å². The Bertz CT molecular complexity index is 1310. The van der Waals surface area contributed by atoms with E-state index in [9.17, 15) is 9.59 Å². The van der Waals surface area contributed by atoms with Gasteiger partial charge in [-0.25, -0.2) is 4.40 Å². The number of nitrogens with one attached hydrogen (secondary N) is 1. The summed E-state index contributed by atoms with van der Waals surface area (Å²) in [6.07, 6.45) is 4.10. The molecule has 164 valence electrons. The summed E-state index contributed by atoms with van der Waals surface area (Å²) < 4.78 is 7.71. The first-order valence-corrected chi connectivity index (χ1v) is 11.4. The molecule has 0 fully saturated rings. The lowest BCUT2D eigenvalue weighted by atomic mass is 10.1. The molecule has 1 N–H and O–H groups in total. The van der Waals surface area contributed by atoms with Crippen molar-refractivity contribution in [3.8, 4) is 5.75 Å². The van der Waals surface area contributed by atoms with Crippen LogP contribution in [-0.2, 0) is 17.6 Å². The zero-order valence-corrected chi connectivity index (χ0v) is 18.6. The molecule has 32 heavy (non-hydrogen) atoms. The number of aryl methyl sites for hydroxylation is 2. The van der Waals surface area contributed by atoms with E-state index >= 15 is 0 Å². The predicted octanol–water partition coefficient (Wildman–Crippen LogP) is 3.25. The number of amides is 1. The van der Waals surface area contributed by atoms with Crippen LogP contribution < -0.4 is 20.1 Å². The zero-order chi connectivity index (χ0) is 22.3. The Morgan fingerprint density at radius 3 is 2.69 bits per heavy atom. The van der Waals surface area contributed by atoms with Crippen molar-refractivity contribution in [1.29, 1.82) is 0 Å². The van der Waals surface area contributed by atoms with Gasteiger partial charge in [0.2, 0.25) is 10.9 Å². The van der Waals surface area contributed by atoms with E-state index in [1.807, 2.05) is 49.4 Å². The number of thiazole rings is 1. The van der Waals surface area contributed by atoms with E-state index in [1.54, 1.807) is 6.07 Å². The number of hydrogen-bond donors (Lipinski definition) is 1. The van der Waals surface area contributed by atoms with Crippen molar-refractivity contribution in [1.82, 2.24) is 14.6 Å². The fourth-order valence-electron chi connectivity index (χ4n) is 3.42. The Morgan fingerprint density at radius 2 is 1.88 bits per heavy atom. The van der Waals surface area contributed by atoms with Crippen molar-refractivity contribution >= 4 is 34.0 Å². The Balaban J connectivity index is 1.42. The van der Waals surface area contributed by atoms with E-state index in [4.69, 9.17) is 4.74 Å². The molecule has 4 aromatic rings. The number of nitrogens with zero attached hydrogens (tertiary/aromatic N) is 3. The first-order chi connectivity index (χ1) is 15.7. The second-order valence-electron chi connectivity index (χ2n) is 7.21. The molecule has 0 spiro atoms. The molecule has 0 bridgehead atoms. The summed E-state index contributed by atoms with van der Waals surface area (Å²) in [6.45, 7) is 2.41. The molecule has 4 rings (SSSR count). The molecule has 2 aromatic heterocycles. The van der Waals surface area contributed by atoms with Gasteiger partial charge in [0.1, 0.15) is 11.6 Å². The maximum absolute atomic E-state index is 12.9. The second kappa shape index (κ2) is 10.2. The van der Waals surface area contributed by atoms with Crippen LogP contribution in [0.3, 0.4) is 0 Å². The molecule has 0 saturated heterocycles. The minimum Gasteiger partial charge on any atom is -0.492 e. The quantitative estimate of drug-likeness (QED) is 0.425. The Morgan fingerprint density at radius 1 is 1.09 bits per heavy atom. The van der Waals surface area contributed by atoms with E-state index in [0.29, 0.717) is 39.8 Å². The van der Waals surface area contributed by atoms with Gasteiger partial charge in [0.15, 0.2) is 0 Å². The van der Waals surface area contributed by atoms with Gasteiger partial charge in [-0.05, 0) is 37.5 Å². The van der Waals surface area contributed by atoms with Gasteiger partial charge >= 0.3 is 0 Å². The summed E-state index contributed by atoms with van der Waals surface area (Å²) in [5, 5.41) is 11.1. The SMILES string of the molecule is CCOc1ccccc1NC(=O)CCc1nnc2s/c(=C/CCc3ccccc3)c(=O)n12. The maximum Gasteiger partial charge on any atom is 0.275 e. The smallest absolute Gasteiger partial charge is 0.275 e.